The molecule has 1 N–H and O–H groups in total. The van der Waals surface area contributed by atoms with Crippen LogP contribution >= 0.6 is 0 Å². The fourth-order valence-electron chi connectivity index (χ4n) is 3.43. The summed E-state index contributed by atoms with van der Waals surface area (Å²) in [6.45, 7) is 2.18. The number of ether oxygens (including phenoxy) is 1. The zero-order chi connectivity index (χ0) is 21.1. The minimum atomic E-state index is -0.290. The zero-order valence-electron chi connectivity index (χ0n) is 16.8. The highest BCUT2D eigenvalue weighted by Gasteiger charge is 2.44. The van der Waals surface area contributed by atoms with E-state index in [2.05, 4.69) is 20.8 Å². The highest BCUT2D eigenvalue weighted by molar-refractivity contribution is 6.18. The molecule has 0 aliphatic heterocycles. The molecule has 8 heteroatoms. The molecule has 0 saturated heterocycles. The van der Waals surface area contributed by atoms with Gasteiger partial charge in [0.15, 0.2) is 5.82 Å². The number of nitrogens with zero attached hydrogens (tertiary/aromatic N) is 4. The molecule has 4 rings (SSSR count). The highest BCUT2D eigenvalue weighted by atomic mass is 19.1. The summed E-state index contributed by atoms with van der Waals surface area (Å²) in [6, 6.07) is 13.9. The SMILES string of the molecule is COc1cccc(/C=C(/C(=O)NCC2(c3ccc(F)cc3)CC2)n2nnnc2C)c1. The Morgan fingerprint density at radius 1 is 1.27 bits per heavy atom. The van der Waals surface area contributed by atoms with E-state index in [4.69, 9.17) is 4.74 Å². The maximum absolute atomic E-state index is 13.3. The number of carbonyl (C=O) groups is 1. The minimum Gasteiger partial charge on any atom is -0.497 e. The third-order valence-corrected chi connectivity index (χ3v) is 5.38. The van der Waals surface area contributed by atoms with Crippen LogP contribution in [0.1, 0.15) is 29.8 Å². The summed E-state index contributed by atoms with van der Waals surface area (Å²) in [7, 11) is 1.59. The van der Waals surface area contributed by atoms with E-state index in [-0.39, 0.29) is 17.1 Å². The van der Waals surface area contributed by atoms with Crippen LogP contribution in [0.4, 0.5) is 4.39 Å². The van der Waals surface area contributed by atoms with Crippen molar-refractivity contribution in [2.24, 2.45) is 0 Å². The smallest absolute Gasteiger partial charge is 0.270 e. The predicted octanol–water partition coefficient (Wildman–Crippen LogP) is 2.98. The second-order valence-corrected chi connectivity index (χ2v) is 7.41. The van der Waals surface area contributed by atoms with Crippen molar-refractivity contribution in [2.45, 2.75) is 25.2 Å². The Morgan fingerprint density at radius 2 is 2.03 bits per heavy atom. The summed E-state index contributed by atoms with van der Waals surface area (Å²) in [6.07, 6.45) is 3.61. The van der Waals surface area contributed by atoms with Crippen LogP contribution in [0, 0.1) is 12.7 Å². The van der Waals surface area contributed by atoms with Gasteiger partial charge in [0.2, 0.25) is 0 Å². The molecule has 1 amide bonds. The second-order valence-electron chi connectivity index (χ2n) is 7.41. The van der Waals surface area contributed by atoms with Crippen molar-refractivity contribution < 1.29 is 13.9 Å². The zero-order valence-corrected chi connectivity index (χ0v) is 16.8. The van der Waals surface area contributed by atoms with Crippen LogP contribution in [0.25, 0.3) is 11.8 Å². The van der Waals surface area contributed by atoms with E-state index in [9.17, 15) is 9.18 Å². The van der Waals surface area contributed by atoms with Gasteiger partial charge >= 0.3 is 0 Å². The van der Waals surface area contributed by atoms with Gasteiger partial charge in [-0.2, -0.15) is 4.68 Å². The summed E-state index contributed by atoms with van der Waals surface area (Å²) in [5, 5.41) is 14.5. The van der Waals surface area contributed by atoms with E-state index in [0.29, 0.717) is 23.8 Å². The van der Waals surface area contributed by atoms with Crippen molar-refractivity contribution in [3.8, 4) is 5.75 Å². The molecule has 1 fully saturated rings. The van der Waals surface area contributed by atoms with Gasteiger partial charge < -0.3 is 10.1 Å². The van der Waals surface area contributed by atoms with Gasteiger partial charge in [-0.1, -0.05) is 24.3 Å². The number of aryl methyl sites for hydroxylation is 1. The lowest BCUT2D eigenvalue weighted by Crippen LogP contribution is -2.34. The van der Waals surface area contributed by atoms with Crippen LogP contribution in [0.15, 0.2) is 48.5 Å². The van der Waals surface area contributed by atoms with Crippen LogP contribution in [0.5, 0.6) is 5.75 Å². The van der Waals surface area contributed by atoms with Gasteiger partial charge in [-0.3, -0.25) is 4.79 Å². The van der Waals surface area contributed by atoms with Gasteiger partial charge in [-0.25, -0.2) is 4.39 Å². The maximum Gasteiger partial charge on any atom is 0.270 e. The molecule has 0 spiro atoms. The molecule has 7 nitrogen and oxygen atoms in total. The number of hydrogen-bond acceptors (Lipinski definition) is 5. The molecule has 1 aromatic heterocycles. The molecular weight excluding hydrogens is 385 g/mol. The lowest BCUT2D eigenvalue weighted by atomic mass is 9.96. The third kappa shape index (κ3) is 4.07. The molecule has 0 bridgehead atoms. The van der Waals surface area contributed by atoms with E-state index in [0.717, 1.165) is 24.0 Å². The number of methoxy groups -OCH3 is 1. The van der Waals surface area contributed by atoms with E-state index >= 15 is 0 Å². The van der Waals surface area contributed by atoms with Crippen molar-refractivity contribution in [1.29, 1.82) is 0 Å². The molecule has 1 aliphatic carbocycles. The van der Waals surface area contributed by atoms with Gasteiger partial charge in [-0.05, 0) is 71.7 Å². The molecule has 0 atom stereocenters. The first-order valence-corrected chi connectivity index (χ1v) is 9.66. The molecule has 1 heterocycles. The van der Waals surface area contributed by atoms with Crippen molar-refractivity contribution in [2.75, 3.05) is 13.7 Å². The fourth-order valence-corrected chi connectivity index (χ4v) is 3.43. The van der Waals surface area contributed by atoms with Crippen molar-refractivity contribution in [1.82, 2.24) is 25.5 Å². The number of halogens is 1. The number of benzene rings is 2. The quantitative estimate of drug-likeness (QED) is 0.609. The summed E-state index contributed by atoms with van der Waals surface area (Å²) in [5.41, 5.74) is 1.97. The number of tetrazole rings is 1. The number of amides is 1. The van der Waals surface area contributed by atoms with E-state index in [1.165, 1.54) is 16.8 Å². The monoisotopic (exact) mass is 407 g/mol. The standard InChI is InChI=1S/C22H22FN5O2/c1-15-25-26-27-28(15)20(13-16-4-3-5-19(12-16)30-2)21(29)24-14-22(10-11-22)17-6-8-18(23)9-7-17/h3-9,12-13H,10-11,14H2,1-2H3,(H,24,29)/b20-13-. The second kappa shape index (κ2) is 8.06. The van der Waals surface area contributed by atoms with Crippen LogP contribution in [0.3, 0.4) is 0 Å². The van der Waals surface area contributed by atoms with E-state index in [1.807, 2.05) is 24.3 Å². The fraction of sp³-hybridized carbons (Fsp3) is 0.273. The lowest BCUT2D eigenvalue weighted by Gasteiger charge is -2.17. The minimum absolute atomic E-state index is 0.153. The van der Waals surface area contributed by atoms with Gasteiger partial charge in [0.25, 0.3) is 5.91 Å². The molecule has 3 aromatic rings. The third-order valence-electron chi connectivity index (χ3n) is 5.38. The lowest BCUT2D eigenvalue weighted by molar-refractivity contribution is -0.116. The van der Waals surface area contributed by atoms with Crippen molar-refractivity contribution in [3.05, 3.63) is 71.3 Å². The topological polar surface area (TPSA) is 81.9 Å². The van der Waals surface area contributed by atoms with Crippen LogP contribution in [-0.4, -0.2) is 39.8 Å². The average molecular weight is 407 g/mol. The normalized spacial score (nSPS) is 15.0. The molecule has 1 aliphatic rings. The Bertz CT molecular complexity index is 1090. The number of nitrogens with one attached hydrogen (secondary N) is 1. The van der Waals surface area contributed by atoms with Crippen molar-refractivity contribution >= 4 is 17.7 Å². The predicted molar refractivity (Wildman–Crippen MR) is 110 cm³/mol. The van der Waals surface area contributed by atoms with Crippen LogP contribution < -0.4 is 10.1 Å². The first kappa shape index (κ1) is 19.8. The van der Waals surface area contributed by atoms with E-state index < -0.39 is 0 Å². The molecule has 0 unspecified atom stereocenters. The van der Waals surface area contributed by atoms with Gasteiger partial charge in [0.05, 0.1) is 7.11 Å². The first-order chi connectivity index (χ1) is 14.5. The Kier molecular flexibility index (Phi) is 5.31. The molecule has 0 radical (unpaired) electrons. The highest BCUT2D eigenvalue weighted by Crippen LogP contribution is 2.47. The first-order valence-electron chi connectivity index (χ1n) is 9.66. The van der Waals surface area contributed by atoms with Crippen LogP contribution in [-0.2, 0) is 10.2 Å². The van der Waals surface area contributed by atoms with Gasteiger partial charge in [0.1, 0.15) is 17.3 Å². The number of hydrogen-bond donors (Lipinski definition) is 1. The van der Waals surface area contributed by atoms with E-state index in [1.54, 1.807) is 32.2 Å². The average Bonchev–Trinajstić information content (AvgIpc) is 3.44. The van der Waals surface area contributed by atoms with Gasteiger partial charge in [0, 0.05) is 12.0 Å². The molecule has 1 saturated carbocycles. The molecule has 2 aromatic carbocycles. The van der Waals surface area contributed by atoms with Crippen molar-refractivity contribution in [3.63, 3.8) is 0 Å². The van der Waals surface area contributed by atoms with Crippen LogP contribution in [0.2, 0.25) is 0 Å². The largest absolute Gasteiger partial charge is 0.497 e. The summed E-state index contributed by atoms with van der Waals surface area (Å²) >= 11 is 0. The maximum atomic E-state index is 13.3. The summed E-state index contributed by atoms with van der Waals surface area (Å²) < 4.78 is 19.9. The Labute approximate surface area is 173 Å². The Morgan fingerprint density at radius 3 is 2.67 bits per heavy atom. The molecular formula is C22H22FN5O2. The Hall–Kier alpha value is -3.55. The number of aromatic nitrogens is 4. The Balaban J connectivity index is 1.58. The molecule has 154 valence electrons. The number of rotatable bonds is 7. The summed E-state index contributed by atoms with van der Waals surface area (Å²) in [5.74, 6) is 0.627. The molecule has 30 heavy (non-hydrogen) atoms. The number of carbonyl (C=O) groups excluding carboxylic acids is 1. The summed E-state index contributed by atoms with van der Waals surface area (Å²) in [4.78, 5) is 13.1. The van der Waals surface area contributed by atoms with Gasteiger partial charge in [-0.15, -0.1) is 5.10 Å².